The van der Waals surface area contributed by atoms with Gasteiger partial charge in [0.25, 0.3) is 0 Å². The molecular formula is C25H23FN2O5. The Bertz CT molecular complexity index is 1090. The summed E-state index contributed by atoms with van der Waals surface area (Å²) in [7, 11) is 0. The maximum Gasteiger partial charge on any atom is 0.316 e. The van der Waals surface area contributed by atoms with Gasteiger partial charge in [-0.3, -0.25) is 24.1 Å². The standard InChI is InChI=1S/C25H23FN2O5/c26-16-5-7-17(8-6-16)27-14-15(13-22(27)29)25(32)33-19-11-9-18(10-12-19)28-23(30)20-3-1-2-4-21(20)24(28)31/h5-12,15,20-21H,1-4,13-14H2/t15-,20-,21+/m1/s1. The Hall–Kier alpha value is -3.55. The summed E-state index contributed by atoms with van der Waals surface area (Å²) in [4.78, 5) is 53.2. The minimum absolute atomic E-state index is 0.00779. The van der Waals surface area contributed by atoms with Gasteiger partial charge in [-0.15, -0.1) is 0 Å². The molecule has 0 N–H and O–H groups in total. The summed E-state index contributed by atoms with van der Waals surface area (Å²) in [6.45, 7) is 0.154. The van der Waals surface area contributed by atoms with Gasteiger partial charge in [-0.05, 0) is 61.4 Å². The van der Waals surface area contributed by atoms with Gasteiger partial charge in [-0.1, -0.05) is 12.8 Å². The molecule has 1 aliphatic carbocycles. The van der Waals surface area contributed by atoms with E-state index in [2.05, 4.69) is 0 Å². The van der Waals surface area contributed by atoms with Crippen LogP contribution in [0.4, 0.5) is 15.8 Å². The number of carbonyl (C=O) groups excluding carboxylic acids is 4. The summed E-state index contributed by atoms with van der Waals surface area (Å²) < 4.78 is 18.6. The fourth-order valence-electron chi connectivity index (χ4n) is 5.02. The lowest BCUT2D eigenvalue weighted by atomic mass is 9.81. The van der Waals surface area contributed by atoms with Gasteiger partial charge < -0.3 is 9.64 Å². The number of carbonyl (C=O) groups is 4. The molecule has 0 bridgehead atoms. The molecule has 2 aromatic rings. The molecule has 2 heterocycles. The molecule has 3 fully saturated rings. The summed E-state index contributed by atoms with van der Waals surface area (Å²) in [5.41, 5.74) is 0.999. The highest BCUT2D eigenvalue weighted by Crippen LogP contribution is 2.40. The van der Waals surface area contributed by atoms with Crippen molar-refractivity contribution in [2.75, 3.05) is 16.3 Å². The highest BCUT2D eigenvalue weighted by Gasteiger charge is 2.48. The molecule has 0 radical (unpaired) electrons. The lowest BCUT2D eigenvalue weighted by Crippen LogP contribution is -2.30. The fourth-order valence-corrected chi connectivity index (χ4v) is 5.02. The zero-order chi connectivity index (χ0) is 23.1. The number of anilines is 2. The Morgan fingerprint density at radius 1 is 0.848 bits per heavy atom. The predicted molar refractivity (Wildman–Crippen MR) is 117 cm³/mol. The molecule has 0 spiro atoms. The van der Waals surface area contributed by atoms with Crippen molar-refractivity contribution in [1.29, 1.82) is 0 Å². The first-order valence-electron chi connectivity index (χ1n) is 11.2. The number of benzene rings is 2. The van der Waals surface area contributed by atoms with Crippen LogP contribution in [0.3, 0.4) is 0 Å². The second-order valence-electron chi connectivity index (χ2n) is 8.81. The van der Waals surface area contributed by atoms with E-state index in [9.17, 15) is 23.6 Å². The van der Waals surface area contributed by atoms with E-state index in [-0.39, 0.29) is 48.3 Å². The maximum atomic E-state index is 13.1. The molecule has 170 valence electrons. The topological polar surface area (TPSA) is 84.0 Å². The van der Waals surface area contributed by atoms with Crippen LogP contribution in [-0.2, 0) is 19.2 Å². The molecular weight excluding hydrogens is 427 g/mol. The molecule has 1 saturated carbocycles. The van der Waals surface area contributed by atoms with Gasteiger partial charge in [0.2, 0.25) is 17.7 Å². The first-order valence-corrected chi connectivity index (χ1v) is 11.2. The number of ether oxygens (including phenoxy) is 1. The number of esters is 1. The van der Waals surface area contributed by atoms with Crippen LogP contribution in [0, 0.1) is 23.6 Å². The van der Waals surface area contributed by atoms with Gasteiger partial charge in [-0.25, -0.2) is 4.39 Å². The minimum Gasteiger partial charge on any atom is -0.426 e. The molecule has 0 aromatic heterocycles. The van der Waals surface area contributed by atoms with Crippen molar-refractivity contribution in [3.05, 3.63) is 54.3 Å². The summed E-state index contributed by atoms with van der Waals surface area (Å²) >= 11 is 0. The van der Waals surface area contributed by atoms with Crippen LogP contribution in [0.5, 0.6) is 5.75 Å². The average Bonchev–Trinajstić information content (AvgIpc) is 3.33. The molecule has 33 heavy (non-hydrogen) atoms. The molecule has 2 aliphatic heterocycles. The second kappa shape index (κ2) is 8.42. The first kappa shape index (κ1) is 21.3. The van der Waals surface area contributed by atoms with Crippen molar-refractivity contribution in [1.82, 2.24) is 0 Å². The van der Waals surface area contributed by atoms with Crippen LogP contribution >= 0.6 is 0 Å². The molecule has 3 aliphatic rings. The number of amides is 3. The van der Waals surface area contributed by atoms with Crippen molar-refractivity contribution < 1.29 is 28.3 Å². The highest BCUT2D eigenvalue weighted by atomic mass is 19.1. The van der Waals surface area contributed by atoms with Crippen LogP contribution < -0.4 is 14.5 Å². The van der Waals surface area contributed by atoms with E-state index in [0.29, 0.717) is 11.4 Å². The van der Waals surface area contributed by atoms with Crippen LogP contribution in [0.1, 0.15) is 32.1 Å². The van der Waals surface area contributed by atoms with E-state index >= 15 is 0 Å². The van der Waals surface area contributed by atoms with E-state index in [0.717, 1.165) is 25.7 Å². The normalized spacial score (nSPS) is 24.9. The van der Waals surface area contributed by atoms with Crippen LogP contribution in [0.2, 0.25) is 0 Å². The number of fused-ring (bicyclic) bond motifs is 1. The first-order chi connectivity index (χ1) is 15.9. The third kappa shape index (κ3) is 3.90. The molecule has 2 aromatic carbocycles. The van der Waals surface area contributed by atoms with Gasteiger partial charge in [0.1, 0.15) is 11.6 Å². The zero-order valence-corrected chi connectivity index (χ0v) is 17.9. The van der Waals surface area contributed by atoms with Crippen LogP contribution in [0.15, 0.2) is 48.5 Å². The number of nitrogens with zero attached hydrogens (tertiary/aromatic N) is 2. The van der Waals surface area contributed by atoms with Crippen molar-refractivity contribution >= 4 is 35.1 Å². The minimum atomic E-state index is -0.646. The van der Waals surface area contributed by atoms with Crippen LogP contribution in [0.25, 0.3) is 0 Å². The van der Waals surface area contributed by atoms with Gasteiger partial charge in [-0.2, -0.15) is 0 Å². The maximum absolute atomic E-state index is 13.1. The largest absolute Gasteiger partial charge is 0.426 e. The lowest BCUT2D eigenvalue weighted by molar-refractivity contribution is -0.139. The number of hydrogen-bond acceptors (Lipinski definition) is 5. The van der Waals surface area contributed by atoms with Crippen LogP contribution in [-0.4, -0.2) is 30.2 Å². The fraction of sp³-hybridized carbons (Fsp3) is 0.360. The Labute approximate surface area is 190 Å². The SMILES string of the molecule is O=C(Oc1ccc(N2C(=O)[C@H]3CCCC[C@H]3C2=O)cc1)[C@@H]1CC(=O)N(c2ccc(F)cc2)C1. The van der Waals surface area contributed by atoms with E-state index in [1.165, 1.54) is 34.1 Å². The Morgan fingerprint density at radius 2 is 1.42 bits per heavy atom. The van der Waals surface area contributed by atoms with Gasteiger partial charge in [0.15, 0.2) is 0 Å². The Morgan fingerprint density at radius 3 is 2.03 bits per heavy atom. The van der Waals surface area contributed by atoms with E-state index in [4.69, 9.17) is 4.74 Å². The molecule has 5 rings (SSSR count). The smallest absolute Gasteiger partial charge is 0.316 e. The molecule has 2 saturated heterocycles. The molecule has 3 amide bonds. The van der Waals surface area contributed by atoms with E-state index in [1.54, 1.807) is 24.3 Å². The molecule has 0 unspecified atom stereocenters. The average molecular weight is 450 g/mol. The van der Waals surface area contributed by atoms with Gasteiger partial charge in [0.05, 0.1) is 23.4 Å². The number of rotatable bonds is 4. The number of halogens is 1. The quantitative estimate of drug-likeness (QED) is 0.405. The number of hydrogen-bond donors (Lipinski definition) is 0. The summed E-state index contributed by atoms with van der Waals surface area (Å²) in [5, 5.41) is 0. The summed E-state index contributed by atoms with van der Waals surface area (Å²) in [6.07, 6.45) is 3.43. The van der Waals surface area contributed by atoms with E-state index < -0.39 is 17.7 Å². The van der Waals surface area contributed by atoms with E-state index in [1.807, 2.05) is 0 Å². The molecule has 8 heteroatoms. The van der Waals surface area contributed by atoms with Gasteiger partial charge in [0, 0.05) is 18.7 Å². The Balaban J connectivity index is 1.24. The van der Waals surface area contributed by atoms with Crippen molar-refractivity contribution in [3.63, 3.8) is 0 Å². The van der Waals surface area contributed by atoms with Crippen molar-refractivity contribution in [3.8, 4) is 5.75 Å². The summed E-state index contributed by atoms with van der Waals surface area (Å²) in [5.74, 6) is -2.31. The third-order valence-electron chi connectivity index (χ3n) is 6.75. The van der Waals surface area contributed by atoms with Gasteiger partial charge >= 0.3 is 5.97 Å². The van der Waals surface area contributed by atoms with Crippen molar-refractivity contribution in [2.24, 2.45) is 17.8 Å². The Kier molecular flexibility index (Phi) is 5.44. The highest BCUT2D eigenvalue weighted by molar-refractivity contribution is 6.22. The molecule has 7 nitrogen and oxygen atoms in total. The number of imide groups is 1. The predicted octanol–water partition coefficient (Wildman–Crippen LogP) is 3.46. The third-order valence-corrected chi connectivity index (χ3v) is 6.75. The second-order valence-corrected chi connectivity index (χ2v) is 8.81. The van der Waals surface area contributed by atoms with Crippen molar-refractivity contribution in [2.45, 2.75) is 32.1 Å². The zero-order valence-electron chi connectivity index (χ0n) is 17.9. The summed E-state index contributed by atoms with van der Waals surface area (Å²) in [6, 6.07) is 11.8. The monoisotopic (exact) mass is 450 g/mol. The molecule has 3 atom stereocenters. The lowest BCUT2D eigenvalue weighted by Gasteiger charge is -2.19.